The summed E-state index contributed by atoms with van der Waals surface area (Å²) >= 11 is 0. The van der Waals surface area contributed by atoms with Crippen molar-refractivity contribution in [3.8, 4) is 0 Å². The molecule has 2 nitrogen and oxygen atoms in total. The molecule has 1 heterocycles. The van der Waals surface area contributed by atoms with Crippen LogP contribution in [-0.2, 0) is 6.42 Å². The summed E-state index contributed by atoms with van der Waals surface area (Å²) in [5, 5.41) is 8.11. The summed E-state index contributed by atoms with van der Waals surface area (Å²) in [5.74, 6) is -0.723. The molecule has 0 fully saturated rings. The van der Waals surface area contributed by atoms with Crippen LogP contribution in [0.4, 0.5) is 8.78 Å². The Labute approximate surface area is 99.1 Å². The number of hydrogen-bond acceptors (Lipinski definition) is 2. The van der Waals surface area contributed by atoms with Gasteiger partial charge in [-0.2, -0.15) is 10.2 Å². The van der Waals surface area contributed by atoms with Crippen molar-refractivity contribution in [2.75, 3.05) is 0 Å². The number of halogens is 2. The molecule has 0 spiro atoms. The molecule has 0 atom stereocenters. The lowest BCUT2D eigenvalue weighted by molar-refractivity contribution is 0.576. The average molecular weight is 236 g/mol. The van der Waals surface area contributed by atoms with Crippen molar-refractivity contribution in [1.82, 2.24) is 0 Å². The topological polar surface area (TPSA) is 24.7 Å². The number of nitrogens with zero attached hydrogens (tertiary/aromatic N) is 2. The van der Waals surface area contributed by atoms with Crippen molar-refractivity contribution in [3.63, 3.8) is 0 Å². The van der Waals surface area contributed by atoms with E-state index in [2.05, 4.69) is 24.1 Å². The minimum atomic E-state index is -0.557. The fourth-order valence-corrected chi connectivity index (χ4v) is 1.72. The maximum absolute atomic E-state index is 13.4. The van der Waals surface area contributed by atoms with Crippen LogP contribution in [0.3, 0.4) is 0 Å². The van der Waals surface area contributed by atoms with E-state index in [-0.39, 0.29) is 0 Å². The molecule has 90 valence electrons. The molecule has 0 saturated carbocycles. The van der Waals surface area contributed by atoms with Gasteiger partial charge in [0.25, 0.3) is 0 Å². The van der Waals surface area contributed by atoms with Crippen molar-refractivity contribution in [3.05, 3.63) is 35.4 Å². The highest BCUT2D eigenvalue weighted by atomic mass is 19.1. The summed E-state index contributed by atoms with van der Waals surface area (Å²) in [4.78, 5) is 0. The van der Waals surface area contributed by atoms with Crippen LogP contribution in [0.25, 0.3) is 0 Å². The smallest absolute Gasteiger partial charge is 0.129 e. The van der Waals surface area contributed by atoms with E-state index < -0.39 is 11.6 Å². The summed E-state index contributed by atoms with van der Waals surface area (Å²) in [6.45, 7) is 4.10. The quantitative estimate of drug-likeness (QED) is 0.768. The SMILES string of the molecule is CC(C)C1=NN=C(Cc2ccc(F)cc2F)C1. The van der Waals surface area contributed by atoms with Crippen LogP contribution in [0.5, 0.6) is 0 Å². The van der Waals surface area contributed by atoms with Crippen molar-refractivity contribution < 1.29 is 8.78 Å². The van der Waals surface area contributed by atoms with Crippen LogP contribution in [0.15, 0.2) is 28.4 Å². The van der Waals surface area contributed by atoms with Crippen LogP contribution in [0.1, 0.15) is 25.8 Å². The molecule has 1 aromatic carbocycles. The van der Waals surface area contributed by atoms with E-state index in [1.54, 1.807) is 0 Å². The molecule has 4 heteroatoms. The highest BCUT2D eigenvalue weighted by molar-refractivity contribution is 6.08. The second-order valence-electron chi connectivity index (χ2n) is 4.50. The lowest BCUT2D eigenvalue weighted by atomic mass is 9.99. The van der Waals surface area contributed by atoms with E-state index in [0.29, 0.717) is 24.3 Å². The Morgan fingerprint density at radius 1 is 1.24 bits per heavy atom. The maximum Gasteiger partial charge on any atom is 0.129 e. The highest BCUT2D eigenvalue weighted by Crippen LogP contribution is 2.16. The van der Waals surface area contributed by atoms with E-state index in [4.69, 9.17) is 0 Å². The molecular weight excluding hydrogens is 222 g/mol. The molecule has 0 aromatic heterocycles. The number of rotatable bonds is 3. The van der Waals surface area contributed by atoms with Crippen molar-refractivity contribution in [1.29, 1.82) is 0 Å². The lowest BCUT2D eigenvalue weighted by Crippen LogP contribution is -2.11. The molecule has 1 aliphatic heterocycles. The van der Waals surface area contributed by atoms with E-state index in [1.807, 2.05) is 0 Å². The fourth-order valence-electron chi connectivity index (χ4n) is 1.72. The molecule has 0 unspecified atom stereocenters. The Hall–Kier alpha value is -1.58. The zero-order chi connectivity index (χ0) is 12.4. The van der Waals surface area contributed by atoms with Gasteiger partial charge in [-0.1, -0.05) is 19.9 Å². The van der Waals surface area contributed by atoms with Gasteiger partial charge in [-0.15, -0.1) is 0 Å². The van der Waals surface area contributed by atoms with Gasteiger partial charge in [0.15, 0.2) is 0 Å². The van der Waals surface area contributed by atoms with Gasteiger partial charge in [-0.3, -0.25) is 0 Å². The molecular formula is C13H14F2N2. The minimum absolute atomic E-state index is 0.356. The van der Waals surface area contributed by atoms with E-state index >= 15 is 0 Å². The maximum atomic E-state index is 13.4. The number of hydrogen-bond donors (Lipinski definition) is 0. The zero-order valence-electron chi connectivity index (χ0n) is 9.87. The van der Waals surface area contributed by atoms with E-state index in [0.717, 1.165) is 17.5 Å². The Kier molecular flexibility index (Phi) is 3.31. The Morgan fingerprint density at radius 3 is 2.59 bits per heavy atom. The normalized spacial score (nSPS) is 15.1. The first kappa shape index (κ1) is 11.9. The zero-order valence-corrected chi connectivity index (χ0v) is 9.87. The standard InChI is InChI=1S/C13H14F2N2/c1-8(2)13-7-11(16-17-13)5-9-3-4-10(14)6-12(9)15/h3-4,6,8H,5,7H2,1-2H3. The van der Waals surface area contributed by atoms with Gasteiger partial charge in [0.2, 0.25) is 0 Å². The summed E-state index contributed by atoms with van der Waals surface area (Å²) in [7, 11) is 0. The van der Waals surface area contributed by atoms with Gasteiger partial charge in [-0.05, 0) is 17.5 Å². The van der Waals surface area contributed by atoms with Gasteiger partial charge in [0, 0.05) is 24.6 Å². The first-order chi connectivity index (χ1) is 8.06. The van der Waals surface area contributed by atoms with Gasteiger partial charge in [0.1, 0.15) is 11.6 Å². The molecule has 17 heavy (non-hydrogen) atoms. The molecule has 0 saturated heterocycles. The van der Waals surface area contributed by atoms with Crippen molar-refractivity contribution in [2.45, 2.75) is 26.7 Å². The first-order valence-corrected chi connectivity index (χ1v) is 5.62. The molecule has 0 N–H and O–H groups in total. The number of benzene rings is 1. The third-order valence-corrected chi connectivity index (χ3v) is 2.78. The predicted octanol–water partition coefficient (Wildman–Crippen LogP) is 3.36. The molecule has 0 bridgehead atoms. The molecule has 0 amide bonds. The van der Waals surface area contributed by atoms with Crippen LogP contribution in [-0.4, -0.2) is 11.4 Å². The van der Waals surface area contributed by atoms with Crippen LogP contribution >= 0.6 is 0 Å². The van der Waals surface area contributed by atoms with Crippen LogP contribution in [0.2, 0.25) is 0 Å². The molecule has 0 radical (unpaired) electrons. The van der Waals surface area contributed by atoms with E-state index in [1.165, 1.54) is 12.1 Å². The largest absolute Gasteiger partial charge is 0.207 e. The average Bonchev–Trinajstić information content (AvgIpc) is 2.71. The van der Waals surface area contributed by atoms with Crippen LogP contribution < -0.4 is 0 Å². The van der Waals surface area contributed by atoms with Gasteiger partial charge >= 0.3 is 0 Å². The minimum Gasteiger partial charge on any atom is -0.207 e. The summed E-state index contributed by atoms with van der Waals surface area (Å²) in [6, 6.07) is 3.62. The second kappa shape index (κ2) is 4.73. The summed E-state index contributed by atoms with van der Waals surface area (Å²) < 4.78 is 26.2. The molecule has 2 rings (SSSR count). The first-order valence-electron chi connectivity index (χ1n) is 5.62. The summed E-state index contributed by atoms with van der Waals surface area (Å²) in [6.07, 6.45) is 1.08. The van der Waals surface area contributed by atoms with Gasteiger partial charge in [-0.25, -0.2) is 8.78 Å². The monoisotopic (exact) mass is 236 g/mol. The third kappa shape index (κ3) is 2.75. The van der Waals surface area contributed by atoms with Gasteiger partial charge in [0.05, 0.1) is 5.71 Å². The molecule has 1 aliphatic rings. The van der Waals surface area contributed by atoms with Gasteiger partial charge < -0.3 is 0 Å². The predicted molar refractivity (Wildman–Crippen MR) is 64.4 cm³/mol. The van der Waals surface area contributed by atoms with Crippen LogP contribution in [0, 0.1) is 17.6 Å². The van der Waals surface area contributed by atoms with Crippen molar-refractivity contribution >= 4 is 11.4 Å². The molecule has 1 aromatic rings. The van der Waals surface area contributed by atoms with Crippen molar-refractivity contribution in [2.24, 2.45) is 16.1 Å². The van der Waals surface area contributed by atoms with E-state index in [9.17, 15) is 8.78 Å². The second-order valence-corrected chi connectivity index (χ2v) is 4.50. The Balaban J connectivity index is 2.05. The Morgan fingerprint density at radius 2 is 2.00 bits per heavy atom. The Bertz CT molecular complexity index is 490. The summed E-state index contributed by atoms with van der Waals surface area (Å²) in [5.41, 5.74) is 2.31. The third-order valence-electron chi connectivity index (χ3n) is 2.78. The lowest BCUT2D eigenvalue weighted by Gasteiger charge is -2.05. The highest BCUT2D eigenvalue weighted by Gasteiger charge is 2.17. The fraction of sp³-hybridized carbons (Fsp3) is 0.385. The molecule has 0 aliphatic carbocycles.